The van der Waals surface area contributed by atoms with Crippen LogP contribution in [0.5, 0.6) is 0 Å². The van der Waals surface area contributed by atoms with Crippen LogP contribution in [0.1, 0.15) is 44.8 Å². The van der Waals surface area contributed by atoms with E-state index in [0.717, 1.165) is 24.9 Å². The molecule has 3 atom stereocenters. The summed E-state index contributed by atoms with van der Waals surface area (Å²) in [4.78, 5) is 14.3. The third kappa shape index (κ3) is 3.83. The van der Waals surface area contributed by atoms with E-state index in [-0.39, 0.29) is 17.9 Å². The van der Waals surface area contributed by atoms with Gasteiger partial charge in [0.05, 0.1) is 12.1 Å². The Morgan fingerprint density at radius 3 is 2.67 bits per heavy atom. The van der Waals surface area contributed by atoms with E-state index in [1.54, 1.807) is 0 Å². The van der Waals surface area contributed by atoms with Gasteiger partial charge in [0.25, 0.3) is 0 Å². The number of carbonyl (C=O) groups is 1. The minimum atomic E-state index is -0.528. The molecule has 1 aromatic rings. The molecule has 0 saturated carbocycles. The van der Waals surface area contributed by atoms with Gasteiger partial charge >= 0.3 is 0 Å². The maximum atomic E-state index is 12.4. The smallest absolute Gasteiger partial charge is 0.239 e. The lowest BCUT2D eigenvalue weighted by atomic mass is 9.99. The molecule has 4 nitrogen and oxygen atoms in total. The molecular formula is C17H26N2O2. The number of likely N-dealkylation sites (tertiary alicyclic amines) is 1. The van der Waals surface area contributed by atoms with Gasteiger partial charge in [0, 0.05) is 12.6 Å². The Hall–Kier alpha value is -1.39. The van der Waals surface area contributed by atoms with Crippen molar-refractivity contribution in [1.82, 2.24) is 4.90 Å². The topological polar surface area (TPSA) is 66.6 Å². The van der Waals surface area contributed by atoms with Crippen LogP contribution in [-0.2, 0) is 4.79 Å². The Morgan fingerprint density at radius 1 is 1.38 bits per heavy atom. The summed E-state index contributed by atoms with van der Waals surface area (Å²) in [7, 11) is 0. The van der Waals surface area contributed by atoms with Crippen LogP contribution in [0.15, 0.2) is 30.3 Å². The lowest BCUT2D eigenvalue weighted by Crippen LogP contribution is -2.48. The number of carbonyl (C=O) groups excluding carboxylic acids is 1. The van der Waals surface area contributed by atoms with Crippen LogP contribution in [0.25, 0.3) is 0 Å². The molecule has 1 aromatic carbocycles. The van der Waals surface area contributed by atoms with Gasteiger partial charge in [-0.15, -0.1) is 0 Å². The van der Waals surface area contributed by atoms with Gasteiger partial charge in [0.2, 0.25) is 5.91 Å². The zero-order valence-corrected chi connectivity index (χ0v) is 12.9. The molecule has 1 saturated heterocycles. The van der Waals surface area contributed by atoms with E-state index in [9.17, 15) is 9.90 Å². The average Bonchev–Trinajstić information content (AvgIpc) is 2.94. The highest BCUT2D eigenvalue weighted by Gasteiger charge is 2.33. The van der Waals surface area contributed by atoms with E-state index in [0.29, 0.717) is 6.42 Å². The molecule has 0 aromatic heterocycles. The molecule has 2 rings (SSSR count). The van der Waals surface area contributed by atoms with E-state index in [4.69, 9.17) is 5.73 Å². The van der Waals surface area contributed by atoms with E-state index < -0.39 is 12.1 Å². The van der Waals surface area contributed by atoms with Crippen LogP contribution in [0.4, 0.5) is 0 Å². The van der Waals surface area contributed by atoms with Crippen LogP contribution in [0.3, 0.4) is 0 Å². The van der Waals surface area contributed by atoms with Crippen molar-refractivity contribution in [2.45, 2.75) is 51.3 Å². The van der Waals surface area contributed by atoms with Gasteiger partial charge in [-0.25, -0.2) is 0 Å². The summed E-state index contributed by atoms with van der Waals surface area (Å²) in [5, 5.41) is 10.4. The molecule has 4 heteroatoms. The normalized spacial score (nSPS) is 21.6. The quantitative estimate of drug-likeness (QED) is 0.872. The number of nitrogens with two attached hydrogens (primary N) is 1. The first-order valence-corrected chi connectivity index (χ1v) is 7.79. The summed E-state index contributed by atoms with van der Waals surface area (Å²) < 4.78 is 0. The number of rotatable bonds is 5. The Labute approximate surface area is 126 Å². The molecule has 0 bridgehead atoms. The fourth-order valence-corrected chi connectivity index (χ4v) is 2.92. The molecule has 1 amide bonds. The van der Waals surface area contributed by atoms with Crippen molar-refractivity contribution in [2.75, 3.05) is 6.54 Å². The van der Waals surface area contributed by atoms with Gasteiger partial charge in [0.15, 0.2) is 0 Å². The van der Waals surface area contributed by atoms with Crippen molar-refractivity contribution in [3.05, 3.63) is 35.9 Å². The van der Waals surface area contributed by atoms with Crippen LogP contribution >= 0.6 is 0 Å². The molecule has 0 unspecified atom stereocenters. The number of aliphatic hydroxyl groups is 1. The van der Waals surface area contributed by atoms with E-state index >= 15 is 0 Å². The summed E-state index contributed by atoms with van der Waals surface area (Å²) >= 11 is 0. The number of nitrogens with zero attached hydrogens (tertiary/aromatic N) is 1. The van der Waals surface area contributed by atoms with Gasteiger partial charge < -0.3 is 15.7 Å². The second kappa shape index (κ2) is 7.05. The Kier molecular flexibility index (Phi) is 5.37. The van der Waals surface area contributed by atoms with Crippen LogP contribution in [0, 0.1) is 5.92 Å². The highest BCUT2D eigenvalue weighted by Crippen LogP contribution is 2.28. The predicted octanol–water partition coefficient (Wildman–Crippen LogP) is 2.08. The molecule has 0 spiro atoms. The summed E-state index contributed by atoms with van der Waals surface area (Å²) in [5.41, 5.74) is 6.90. The molecule has 0 radical (unpaired) electrons. The summed E-state index contributed by atoms with van der Waals surface area (Å²) in [5.74, 6) is 0.158. The summed E-state index contributed by atoms with van der Waals surface area (Å²) in [6, 6.07) is 9.27. The molecule has 1 aliphatic rings. The first-order chi connectivity index (χ1) is 10.0. The van der Waals surface area contributed by atoms with Crippen LogP contribution < -0.4 is 5.73 Å². The number of benzene rings is 1. The molecule has 21 heavy (non-hydrogen) atoms. The third-order valence-corrected chi connectivity index (χ3v) is 4.34. The second-order valence-corrected chi connectivity index (χ2v) is 6.26. The molecule has 3 N–H and O–H groups in total. The second-order valence-electron chi connectivity index (χ2n) is 6.26. The van der Waals surface area contributed by atoms with E-state index in [2.05, 4.69) is 0 Å². The summed E-state index contributed by atoms with van der Waals surface area (Å²) in [6.07, 6.45) is 1.99. The van der Waals surface area contributed by atoms with Gasteiger partial charge in [-0.1, -0.05) is 44.2 Å². The van der Waals surface area contributed by atoms with Gasteiger partial charge in [0.1, 0.15) is 0 Å². The first-order valence-electron chi connectivity index (χ1n) is 7.79. The fourth-order valence-electron chi connectivity index (χ4n) is 2.92. The zero-order chi connectivity index (χ0) is 15.4. The number of hydrogen-bond acceptors (Lipinski definition) is 3. The van der Waals surface area contributed by atoms with Crippen molar-refractivity contribution in [1.29, 1.82) is 0 Å². The lowest BCUT2D eigenvalue weighted by molar-refractivity contribution is -0.134. The first kappa shape index (κ1) is 16.0. The van der Waals surface area contributed by atoms with Crippen molar-refractivity contribution in [2.24, 2.45) is 11.7 Å². The maximum Gasteiger partial charge on any atom is 0.239 e. The molecule has 1 heterocycles. The van der Waals surface area contributed by atoms with Gasteiger partial charge in [-0.05, 0) is 30.7 Å². The minimum absolute atomic E-state index is 0.0211. The van der Waals surface area contributed by atoms with Crippen molar-refractivity contribution < 1.29 is 9.90 Å². The van der Waals surface area contributed by atoms with Gasteiger partial charge in [-0.2, -0.15) is 0 Å². The molecule has 0 aliphatic carbocycles. The van der Waals surface area contributed by atoms with Crippen molar-refractivity contribution in [3.8, 4) is 0 Å². The van der Waals surface area contributed by atoms with Crippen molar-refractivity contribution in [3.63, 3.8) is 0 Å². The monoisotopic (exact) mass is 290 g/mol. The fraction of sp³-hybridized carbons (Fsp3) is 0.588. The van der Waals surface area contributed by atoms with E-state index in [1.807, 2.05) is 49.1 Å². The SMILES string of the molecule is CC(C)[C@H](N)C(=O)N1CCC[C@H]1C[C@@H](O)c1ccccc1. The zero-order valence-electron chi connectivity index (χ0n) is 12.9. The highest BCUT2D eigenvalue weighted by molar-refractivity contribution is 5.82. The predicted molar refractivity (Wildman–Crippen MR) is 83.6 cm³/mol. The highest BCUT2D eigenvalue weighted by atomic mass is 16.3. The van der Waals surface area contributed by atoms with Crippen LogP contribution in [-0.4, -0.2) is 34.5 Å². The minimum Gasteiger partial charge on any atom is -0.388 e. The Morgan fingerprint density at radius 2 is 2.05 bits per heavy atom. The van der Waals surface area contributed by atoms with Crippen LogP contribution in [0.2, 0.25) is 0 Å². The molecular weight excluding hydrogens is 264 g/mol. The van der Waals surface area contributed by atoms with E-state index in [1.165, 1.54) is 0 Å². The lowest BCUT2D eigenvalue weighted by Gasteiger charge is -2.30. The average molecular weight is 290 g/mol. The third-order valence-electron chi connectivity index (χ3n) is 4.34. The largest absolute Gasteiger partial charge is 0.388 e. The van der Waals surface area contributed by atoms with Gasteiger partial charge in [-0.3, -0.25) is 4.79 Å². The molecule has 1 aliphatic heterocycles. The Balaban J connectivity index is 2.01. The number of aliphatic hydroxyl groups excluding tert-OH is 1. The maximum absolute atomic E-state index is 12.4. The summed E-state index contributed by atoms with van der Waals surface area (Å²) in [6.45, 7) is 4.68. The number of hydrogen-bond donors (Lipinski definition) is 2. The standard InChI is InChI=1S/C17H26N2O2/c1-12(2)16(18)17(21)19-10-6-9-14(19)11-15(20)13-7-4-3-5-8-13/h3-5,7-8,12,14-16,20H,6,9-11,18H2,1-2H3/t14-,15+,16-/m0/s1. The molecule has 116 valence electrons. The van der Waals surface area contributed by atoms with Crippen molar-refractivity contribution >= 4 is 5.91 Å². The number of amides is 1. The molecule has 1 fully saturated rings. The Bertz CT molecular complexity index is 461.